The van der Waals surface area contributed by atoms with Crippen LogP contribution in [-0.2, 0) is 13.1 Å². The van der Waals surface area contributed by atoms with Crippen LogP contribution in [0.4, 0.5) is 10.5 Å². The highest BCUT2D eigenvalue weighted by Crippen LogP contribution is 2.52. The van der Waals surface area contributed by atoms with Crippen molar-refractivity contribution in [3.05, 3.63) is 83.9 Å². The smallest absolute Gasteiger partial charge is 0.319 e. The Bertz CT molecular complexity index is 1190. The Balaban J connectivity index is 1.28. The number of anilines is 1. The summed E-state index contributed by atoms with van der Waals surface area (Å²) in [5.74, 6) is 2.46. The van der Waals surface area contributed by atoms with E-state index in [-0.39, 0.29) is 18.0 Å². The van der Waals surface area contributed by atoms with Crippen LogP contribution in [0, 0.1) is 23.7 Å². The molecule has 2 saturated carbocycles. The molecular formula is C29H35N5O2. The van der Waals surface area contributed by atoms with E-state index in [9.17, 15) is 9.59 Å². The summed E-state index contributed by atoms with van der Waals surface area (Å²) in [4.78, 5) is 30.1. The van der Waals surface area contributed by atoms with Crippen LogP contribution in [0.2, 0.25) is 0 Å². The maximum absolute atomic E-state index is 13.1. The molecule has 0 saturated heterocycles. The van der Waals surface area contributed by atoms with Gasteiger partial charge in [0.2, 0.25) is 0 Å². The molecule has 3 unspecified atom stereocenters. The zero-order chi connectivity index (χ0) is 25.1. The summed E-state index contributed by atoms with van der Waals surface area (Å²) in [5, 5.41) is 9.21. The predicted octanol–water partition coefficient (Wildman–Crippen LogP) is 5.05. The molecule has 36 heavy (non-hydrogen) atoms. The van der Waals surface area contributed by atoms with Crippen molar-refractivity contribution in [2.24, 2.45) is 23.7 Å². The zero-order valence-corrected chi connectivity index (χ0v) is 21.0. The molecule has 7 heteroatoms. The first-order valence-corrected chi connectivity index (χ1v) is 13.0. The second-order valence-electron chi connectivity index (χ2n) is 10.5. The number of nitrogens with zero attached hydrogens (tertiary/aromatic N) is 2. The standard InChI is InChI=1S/C29H35N5O2/c1-19(2)27-22-8-9-24(27)25(14-22)33-29(36)32-23-15-26(28(35)31-16-20-10-12-30-13-11-20)34(18-23)17-21-6-4-3-5-7-21/h3-7,10-13,15,18-19,22,24-25,27H,8-9,14,16-17H2,1-2H3,(H,31,35)(H2,32,33,36)/t22-,24?,25?,27?/m1/s1. The fraction of sp³-hybridized carbons (Fsp3) is 0.414. The van der Waals surface area contributed by atoms with Crippen molar-refractivity contribution in [1.29, 1.82) is 0 Å². The van der Waals surface area contributed by atoms with Crippen LogP contribution >= 0.6 is 0 Å². The van der Waals surface area contributed by atoms with Gasteiger partial charge in [-0.05, 0) is 72.3 Å². The van der Waals surface area contributed by atoms with Crippen molar-refractivity contribution in [3.8, 4) is 0 Å². The number of aromatic nitrogens is 2. The lowest BCUT2D eigenvalue weighted by Gasteiger charge is -2.25. The Hall–Kier alpha value is -3.61. The Morgan fingerprint density at radius 1 is 1.06 bits per heavy atom. The summed E-state index contributed by atoms with van der Waals surface area (Å²) in [6.45, 7) is 5.54. The van der Waals surface area contributed by atoms with Gasteiger partial charge in [-0.3, -0.25) is 9.78 Å². The molecule has 1 aromatic carbocycles. The normalized spacial score (nSPS) is 22.5. The second kappa shape index (κ2) is 10.6. The average molecular weight is 486 g/mol. The average Bonchev–Trinajstić information content (AvgIpc) is 3.57. The monoisotopic (exact) mass is 485 g/mol. The number of urea groups is 1. The zero-order valence-electron chi connectivity index (χ0n) is 21.0. The number of carbonyl (C=O) groups is 2. The first kappa shape index (κ1) is 24.1. The fourth-order valence-corrected chi connectivity index (χ4v) is 6.38. The summed E-state index contributed by atoms with van der Waals surface area (Å²) < 4.78 is 1.89. The number of hydrogen-bond acceptors (Lipinski definition) is 3. The van der Waals surface area contributed by atoms with Gasteiger partial charge in [0.25, 0.3) is 5.91 Å². The van der Waals surface area contributed by atoms with Crippen LogP contribution in [0.5, 0.6) is 0 Å². The van der Waals surface area contributed by atoms with Crippen molar-refractivity contribution < 1.29 is 9.59 Å². The highest BCUT2D eigenvalue weighted by Gasteiger charge is 2.49. The van der Waals surface area contributed by atoms with Crippen molar-refractivity contribution in [2.45, 2.75) is 52.2 Å². The molecule has 188 valence electrons. The molecule has 0 aliphatic heterocycles. The molecule has 2 fully saturated rings. The van der Waals surface area contributed by atoms with Crippen LogP contribution in [-0.4, -0.2) is 27.5 Å². The van der Waals surface area contributed by atoms with E-state index in [0.717, 1.165) is 23.5 Å². The van der Waals surface area contributed by atoms with Gasteiger partial charge < -0.3 is 20.5 Å². The van der Waals surface area contributed by atoms with E-state index in [0.29, 0.717) is 42.2 Å². The van der Waals surface area contributed by atoms with E-state index in [1.54, 1.807) is 18.5 Å². The fourth-order valence-electron chi connectivity index (χ4n) is 6.38. The maximum Gasteiger partial charge on any atom is 0.319 e. The molecule has 2 aromatic heterocycles. The van der Waals surface area contributed by atoms with Crippen LogP contribution < -0.4 is 16.0 Å². The van der Waals surface area contributed by atoms with E-state index >= 15 is 0 Å². The highest BCUT2D eigenvalue weighted by molar-refractivity contribution is 5.96. The highest BCUT2D eigenvalue weighted by atomic mass is 16.2. The molecular weight excluding hydrogens is 450 g/mol. The number of pyridine rings is 1. The molecule has 2 aliphatic rings. The van der Waals surface area contributed by atoms with Crippen LogP contribution in [0.1, 0.15) is 54.7 Å². The minimum Gasteiger partial charge on any atom is -0.347 e. The molecule has 2 bridgehead atoms. The quantitative estimate of drug-likeness (QED) is 0.417. The van der Waals surface area contributed by atoms with E-state index < -0.39 is 0 Å². The maximum atomic E-state index is 13.1. The minimum atomic E-state index is -0.198. The van der Waals surface area contributed by atoms with Gasteiger partial charge >= 0.3 is 6.03 Å². The number of nitrogens with one attached hydrogen (secondary N) is 3. The Morgan fingerprint density at radius 3 is 2.56 bits per heavy atom. The Labute approximate surface area is 212 Å². The van der Waals surface area contributed by atoms with Gasteiger partial charge in [-0.1, -0.05) is 44.2 Å². The third-order valence-electron chi connectivity index (χ3n) is 7.85. The second-order valence-corrected chi connectivity index (χ2v) is 10.5. The molecule has 0 spiro atoms. The number of benzene rings is 1. The molecule has 5 rings (SSSR count). The van der Waals surface area contributed by atoms with E-state index in [1.807, 2.05) is 53.2 Å². The summed E-state index contributed by atoms with van der Waals surface area (Å²) >= 11 is 0. The summed E-state index contributed by atoms with van der Waals surface area (Å²) in [6, 6.07) is 15.5. The van der Waals surface area contributed by atoms with Gasteiger partial charge in [-0.15, -0.1) is 0 Å². The predicted molar refractivity (Wildman–Crippen MR) is 140 cm³/mol. The summed E-state index contributed by atoms with van der Waals surface area (Å²) in [5.41, 5.74) is 3.17. The number of hydrogen-bond donors (Lipinski definition) is 3. The van der Waals surface area contributed by atoms with Crippen LogP contribution in [0.15, 0.2) is 67.1 Å². The third kappa shape index (κ3) is 5.30. The summed E-state index contributed by atoms with van der Waals surface area (Å²) in [6.07, 6.45) is 8.81. The lowest BCUT2D eigenvalue weighted by molar-refractivity contribution is 0.0942. The van der Waals surface area contributed by atoms with Crippen molar-refractivity contribution >= 4 is 17.6 Å². The van der Waals surface area contributed by atoms with E-state index in [2.05, 4.69) is 34.8 Å². The van der Waals surface area contributed by atoms with E-state index in [4.69, 9.17) is 0 Å². The molecule has 7 nitrogen and oxygen atoms in total. The molecule has 3 amide bonds. The van der Waals surface area contributed by atoms with Crippen LogP contribution in [0.3, 0.4) is 0 Å². The number of amides is 3. The van der Waals surface area contributed by atoms with Crippen molar-refractivity contribution in [1.82, 2.24) is 20.2 Å². The first-order chi connectivity index (χ1) is 17.5. The van der Waals surface area contributed by atoms with Gasteiger partial charge in [-0.25, -0.2) is 4.79 Å². The molecule has 2 heterocycles. The van der Waals surface area contributed by atoms with E-state index in [1.165, 1.54) is 12.8 Å². The van der Waals surface area contributed by atoms with Gasteiger partial charge in [0.05, 0.1) is 5.69 Å². The number of fused-ring (bicyclic) bond motifs is 2. The molecule has 3 N–H and O–H groups in total. The molecule has 2 aliphatic carbocycles. The Kier molecular flexibility index (Phi) is 7.07. The number of rotatable bonds is 8. The van der Waals surface area contributed by atoms with Gasteiger partial charge in [0.15, 0.2) is 0 Å². The van der Waals surface area contributed by atoms with Crippen molar-refractivity contribution in [2.75, 3.05) is 5.32 Å². The lowest BCUT2D eigenvalue weighted by Crippen LogP contribution is -2.41. The largest absolute Gasteiger partial charge is 0.347 e. The molecule has 3 aromatic rings. The summed E-state index contributed by atoms with van der Waals surface area (Å²) in [7, 11) is 0. The minimum absolute atomic E-state index is 0.191. The number of carbonyl (C=O) groups excluding carboxylic acids is 2. The first-order valence-electron chi connectivity index (χ1n) is 13.0. The lowest BCUT2D eigenvalue weighted by atomic mass is 9.86. The van der Waals surface area contributed by atoms with Gasteiger partial charge in [0.1, 0.15) is 5.69 Å². The SMILES string of the molecule is CC(C)C1C2CC[C@@H]1CC2NC(=O)Nc1cc(C(=O)NCc2ccncc2)n(Cc2ccccc2)c1. The van der Waals surface area contributed by atoms with Crippen molar-refractivity contribution in [3.63, 3.8) is 0 Å². The van der Waals surface area contributed by atoms with Gasteiger partial charge in [0, 0.05) is 37.7 Å². The Morgan fingerprint density at radius 2 is 1.83 bits per heavy atom. The van der Waals surface area contributed by atoms with Crippen LogP contribution in [0.25, 0.3) is 0 Å². The van der Waals surface area contributed by atoms with Gasteiger partial charge in [-0.2, -0.15) is 0 Å². The molecule has 0 radical (unpaired) electrons. The third-order valence-corrected chi connectivity index (χ3v) is 7.85. The molecule has 4 atom stereocenters. The topological polar surface area (TPSA) is 88.1 Å².